The molecule has 17 heavy (non-hydrogen) atoms. The van der Waals surface area contributed by atoms with Crippen LogP contribution in [0.4, 0.5) is 23.0 Å². The first-order valence-electron chi connectivity index (χ1n) is 4.88. The molecule has 1 aromatic heterocycles. The number of nitrogen functional groups attached to an aromatic ring is 2. The lowest BCUT2D eigenvalue weighted by atomic mass is 10.3. The smallest absolute Gasteiger partial charge is 0.153 e. The number of phenols is 1. The normalized spacial score (nSPS) is 10.8. The SMILES string of the molecule is Nc1ccc(/N=N/c2ccccc2O)c(N)n1. The average molecular weight is 229 g/mol. The number of hydrogen-bond acceptors (Lipinski definition) is 6. The summed E-state index contributed by atoms with van der Waals surface area (Å²) in [6.45, 7) is 0. The number of aromatic nitrogens is 1. The molecule has 1 heterocycles. The maximum Gasteiger partial charge on any atom is 0.153 e. The molecule has 2 aromatic rings. The van der Waals surface area contributed by atoms with Gasteiger partial charge in [0.2, 0.25) is 0 Å². The van der Waals surface area contributed by atoms with E-state index in [1.807, 2.05) is 0 Å². The number of aromatic hydroxyl groups is 1. The van der Waals surface area contributed by atoms with Crippen LogP contribution < -0.4 is 11.5 Å². The molecule has 0 spiro atoms. The number of pyridine rings is 1. The van der Waals surface area contributed by atoms with Crippen molar-refractivity contribution in [3.8, 4) is 5.75 Å². The van der Waals surface area contributed by atoms with Gasteiger partial charge in [0.15, 0.2) is 5.82 Å². The van der Waals surface area contributed by atoms with Crippen molar-refractivity contribution in [1.82, 2.24) is 4.98 Å². The van der Waals surface area contributed by atoms with Gasteiger partial charge in [-0.05, 0) is 24.3 Å². The summed E-state index contributed by atoms with van der Waals surface area (Å²) in [5.41, 5.74) is 11.8. The summed E-state index contributed by atoms with van der Waals surface area (Å²) in [7, 11) is 0. The van der Waals surface area contributed by atoms with E-state index in [0.717, 1.165) is 0 Å². The Morgan fingerprint density at radius 1 is 0.941 bits per heavy atom. The zero-order valence-electron chi connectivity index (χ0n) is 8.91. The van der Waals surface area contributed by atoms with E-state index in [4.69, 9.17) is 11.5 Å². The van der Waals surface area contributed by atoms with Crippen LogP contribution in [0.1, 0.15) is 0 Å². The van der Waals surface area contributed by atoms with Gasteiger partial charge in [0, 0.05) is 0 Å². The van der Waals surface area contributed by atoms with Crippen molar-refractivity contribution in [1.29, 1.82) is 0 Å². The Morgan fingerprint density at radius 2 is 1.65 bits per heavy atom. The zero-order valence-corrected chi connectivity index (χ0v) is 8.91. The summed E-state index contributed by atoms with van der Waals surface area (Å²) < 4.78 is 0. The highest BCUT2D eigenvalue weighted by atomic mass is 16.3. The predicted octanol–water partition coefficient (Wildman–Crippen LogP) is 2.37. The molecule has 0 unspecified atom stereocenters. The van der Waals surface area contributed by atoms with E-state index in [1.54, 1.807) is 30.3 Å². The molecular formula is C11H11N5O. The third-order valence-corrected chi connectivity index (χ3v) is 2.07. The first-order valence-corrected chi connectivity index (χ1v) is 4.88. The van der Waals surface area contributed by atoms with E-state index in [9.17, 15) is 5.11 Å². The Labute approximate surface area is 97.6 Å². The van der Waals surface area contributed by atoms with Gasteiger partial charge in [0.1, 0.15) is 22.9 Å². The molecule has 6 heteroatoms. The highest BCUT2D eigenvalue weighted by molar-refractivity contribution is 5.60. The van der Waals surface area contributed by atoms with Gasteiger partial charge in [0.05, 0.1) is 0 Å². The lowest BCUT2D eigenvalue weighted by Crippen LogP contribution is -1.95. The summed E-state index contributed by atoms with van der Waals surface area (Å²) in [6.07, 6.45) is 0. The van der Waals surface area contributed by atoms with Crippen molar-refractivity contribution < 1.29 is 5.11 Å². The number of azo groups is 1. The van der Waals surface area contributed by atoms with E-state index >= 15 is 0 Å². The van der Waals surface area contributed by atoms with Gasteiger partial charge >= 0.3 is 0 Å². The van der Waals surface area contributed by atoms with Crippen molar-refractivity contribution in [3.63, 3.8) is 0 Å². The molecule has 0 bridgehead atoms. The number of nitrogens with zero attached hydrogens (tertiary/aromatic N) is 3. The Kier molecular flexibility index (Phi) is 2.87. The topological polar surface area (TPSA) is 110 Å². The molecule has 0 atom stereocenters. The lowest BCUT2D eigenvalue weighted by Gasteiger charge is -1.99. The lowest BCUT2D eigenvalue weighted by molar-refractivity contribution is 0.476. The number of nitrogens with two attached hydrogens (primary N) is 2. The van der Waals surface area contributed by atoms with Gasteiger partial charge in [-0.3, -0.25) is 0 Å². The molecule has 0 amide bonds. The second-order valence-electron chi connectivity index (χ2n) is 3.33. The molecule has 0 aliphatic rings. The predicted molar refractivity (Wildman–Crippen MR) is 65.3 cm³/mol. The Bertz CT molecular complexity index is 568. The number of rotatable bonds is 2. The van der Waals surface area contributed by atoms with E-state index in [1.165, 1.54) is 6.07 Å². The summed E-state index contributed by atoms with van der Waals surface area (Å²) in [4.78, 5) is 3.85. The fraction of sp³-hybridized carbons (Fsp3) is 0. The van der Waals surface area contributed by atoms with Crippen molar-refractivity contribution >= 4 is 23.0 Å². The summed E-state index contributed by atoms with van der Waals surface area (Å²) >= 11 is 0. The molecule has 6 nitrogen and oxygen atoms in total. The van der Waals surface area contributed by atoms with Crippen molar-refractivity contribution in [2.75, 3.05) is 11.5 Å². The molecule has 1 aromatic carbocycles. The quantitative estimate of drug-likeness (QED) is 0.686. The molecule has 0 saturated carbocycles. The minimum atomic E-state index is 0.0539. The summed E-state index contributed by atoms with van der Waals surface area (Å²) in [5, 5.41) is 17.3. The summed E-state index contributed by atoms with van der Waals surface area (Å²) in [5.74, 6) is 0.575. The largest absolute Gasteiger partial charge is 0.506 e. The fourth-order valence-electron chi connectivity index (χ4n) is 1.22. The van der Waals surface area contributed by atoms with Gasteiger partial charge in [0.25, 0.3) is 0 Å². The molecule has 0 aliphatic heterocycles. The average Bonchev–Trinajstić information content (AvgIpc) is 2.30. The van der Waals surface area contributed by atoms with E-state index in [2.05, 4.69) is 15.2 Å². The third-order valence-electron chi connectivity index (χ3n) is 2.07. The van der Waals surface area contributed by atoms with Crippen LogP contribution in [0.3, 0.4) is 0 Å². The van der Waals surface area contributed by atoms with Gasteiger partial charge in [-0.15, -0.1) is 10.2 Å². The maximum atomic E-state index is 9.48. The number of hydrogen-bond donors (Lipinski definition) is 3. The van der Waals surface area contributed by atoms with Crippen LogP contribution in [-0.2, 0) is 0 Å². The molecule has 86 valence electrons. The van der Waals surface area contributed by atoms with Gasteiger partial charge in [-0.1, -0.05) is 12.1 Å². The first-order chi connectivity index (χ1) is 8.16. The first kappa shape index (κ1) is 10.9. The Hall–Kier alpha value is -2.63. The van der Waals surface area contributed by atoms with Crippen LogP contribution in [0.2, 0.25) is 0 Å². The van der Waals surface area contributed by atoms with E-state index in [0.29, 0.717) is 17.2 Å². The number of phenolic OH excluding ortho intramolecular Hbond substituents is 1. The van der Waals surface area contributed by atoms with E-state index < -0.39 is 0 Å². The molecule has 0 radical (unpaired) electrons. The van der Waals surface area contributed by atoms with Crippen molar-refractivity contribution in [2.45, 2.75) is 0 Å². The monoisotopic (exact) mass is 229 g/mol. The highest BCUT2D eigenvalue weighted by Gasteiger charge is 2.00. The summed E-state index contributed by atoms with van der Waals surface area (Å²) in [6, 6.07) is 9.81. The molecule has 5 N–H and O–H groups in total. The Morgan fingerprint density at radius 3 is 2.35 bits per heavy atom. The van der Waals surface area contributed by atoms with Gasteiger partial charge < -0.3 is 16.6 Å². The minimum Gasteiger partial charge on any atom is -0.506 e. The number of benzene rings is 1. The molecule has 0 fully saturated rings. The minimum absolute atomic E-state index is 0.0539. The van der Waals surface area contributed by atoms with Crippen LogP contribution in [0.15, 0.2) is 46.6 Å². The molecular weight excluding hydrogens is 218 g/mol. The molecule has 2 rings (SSSR count). The second-order valence-corrected chi connectivity index (χ2v) is 3.33. The van der Waals surface area contributed by atoms with Gasteiger partial charge in [-0.25, -0.2) is 4.98 Å². The molecule has 0 saturated heterocycles. The van der Waals surface area contributed by atoms with Crippen LogP contribution in [-0.4, -0.2) is 10.1 Å². The third kappa shape index (κ3) is 2.49. The van der Waals surface area contributed by atoms with Gasteiger partial charge in [-0.2, -0.15) is 0 Å². The number of para-hydroxylation sites is 1. The standard InChI is InChI=1S/C11H11N5O/c12-10-6-5-8(11(13)14-10)16-15-7-3-1-2-4-9(7)17/h1-6,17H,(H4,12,13,14)/b16-15+. The van der Waals surface area contributed by atoms with E-state index in [-0.39, 0.29) is 11.6 Å². The van der Waals surface area contributed by atoms with Crippen LogP contribution in [0.5, 0.6) is 5.75 Å². The van der Waals surface area contributed by atoms with Crippen molar-refractivity contribution in [3.05, 3.63) is 36.4 Å². The van der Waals surface area contributed by atoms with Crippen molar-refractivity contribution in [2.24, 2.45) is 10.2 Å². The zero-order chi connectivity index (χ0) is 12.3. The van der Waals surface area contributed by atoms with Crippen LogP contribution in [0, 0.1) is 0 Å². The van der Waals surface area contributed by atoms with Crippen LogP contribution >= 0.6 is 0 Å². The second kappa shape index (κ2) is 4.48. The maximum absolute atomic E-state index is 9.48. The number of anilines is 2. The van der Waals surface area contributed by atoms with Crippen LogP contribution in [0.25, 0.3) is 0 Å². The Balaban J connectivity index is 2.29. The fourth-order valence-corrected chi connectivity index (χ4v) is 1.22. The molecule has 0 aliphatic carbocycles. The highest BCUT2D eigenvalue weighted by Crippen LogP contribution is 2.28.